The lowest BCUT2D eigenvalue weighted by Gasteiger charge is -2.42. The molecular formula is C15H17Cl2NO. The quantitative estimate of drug-likeness (QED) is 0.699. The van der Waals surface area contributed by atoms with Gasteiger partial charge in [0.2, 0.25) is 5.91 Å². The smallest absolute Gasteiger partial charge is 0.245 e. The first-order valence-corrected chi connectivity index (χ1v) is 7.03. The van der Waals surface area contributed by atoms with Crippen LogP contribution >= 0.6 is 23.2 Å². The fourth-order valence-electron chi connectivity index (χ4n) is 2.58. The van der Waals surface area contributed by atoms with E-state index >= 15 is 0 Å². The summed E-state index contributed by atoms with van der Waals surface area (Å²) in [5, 5.41) is 0.104. The SMILES string of the molecule is CC1=CC(C)(C)N(C(=O)[C@@H](C)Cl)c2ccc(Cl)cc21. The van der Waals surface area contributed by atoms with Gasteiger partial charge in [0, 0.05) is 10.6 Å². The van der Waals surface area contributed by atoms with E-state index in [-0.39, 0.29) is 5.91 Å². The van der Waals surface area contributed by atoms with Gasteiger partial charge in [-0.05, 0) is 51.5 Å². The molecule has 19 heavy (non-hydrogen) atoms. The van der Waals surface area contributed by atoms with Gasteiger partial charge in [0.05, 0.1) is 11.2 Å². The molecule has 0 unspecified atom stereocenters. The summed E-state index contributed by atoms with van der Waals surface area (Å²) in [6.07, 6.45) is 2.07. The number of fused-ring (bicyclic) bond motifs is 1. The fourth-order valence-corrected chi connectivity index (χ4v) is 2.85. The van der Waals surface area contributed by atoms with Crippen LogP contribution in [0.4, 0.5) is 5.69 Å². The molecule has 2 rings (SSSR count). The molecule has 102 valence electrons. The number of allylic oxidation sites excluding steroid dienone is 1. The molecule has 1 aromatic rings. The van der Waals surface area contributed by atoms with Crippen LogP contribution in [-0.4, -0.2) is 16.8 Å². The molecule has 0 radical (unpaired) electrons. The first kappa shape index (κ1) is 14.4. The summed E-state index contributed by atoms with van der Waals surface area (Å²) in [7, 11) is 0. The number of carbonyl (C=O) groups is 1. The molecule has 0 aliphatic carbocycles. The summed E-state index contributed by atoms with van der Waals surface area (Å²) >= 11 is 12.0. The molecule has 0 fully saturated rings. The van der Waals surface area contributed by atoms with Crippen molar-refractivity contribution < 1.29 is 4.79 Å². The van der Waals surface area contributed by atoms with Crippen molar-refractivity contribution in [3.8, 4) is 0 Å². The number of carbonyl (C=O) groups excluding carboxylic acids is 1. The van der Waals surface area contributed by atoms with Crippen LogP contribution in [0, 0.1) is 0 Å². The van der Waals surface area contributed by atoms with Gasteiger partial charge >= 0.3 is 0 Å². The molecule has 4 heteroatoms. The Morgan fingerprint density at radius 3 is 2.58 bits per heavy atom. The van der Waals surface area contributed by atoms with E-state index in [4.69, 9.17) is 23.2 Å². The van der Waals surface area contributed by atoms with Crippen LogP contribution < -0.4 is 4.90 Å². The van der Waals surface area contributed by atoms with Crippen LogP contribution in [0.25, 0.3) is 5.57 Å². The lowest BCUT2D eigenvalue weighted by Crippen LogP contribution is -2.51. The first-order valence-electron chi connectivity index (χ1n) is 6.21. The van der Waals surface area contributed by atoms with Crippen molar-refractivity contribution >= 4 is 40.4 Å². The van der Waals surface area contributed by atoms with Crippen molar-refractivity contribution in [1.29, 1.82) is 0 Å². The van der Waals surface area contributed by atoms with Gasteiger partial charge in [-0.1, -0.05) is 17.7 Å². The Balaban J connectivity index is 2.64. The molecule has 0 bridgehead atoms. The third kappa shape index (κ3) is 2.52. The van der Waals surface area contributed by atoms with Crippen LogP contribution in [0.15, 0.2) is 24.3 Å². The highest BCUT2D eigenvalue weighted by Gasteiger charge is 2.37. The highest BCUT2D eigenvalue weighted by Crippen LogP contribution is 2.40. The zero-order valence-electron chi connectivity index (χ0n) is 11.5. The summed E-state index contributed by atoms with van der Waals surface area (Å²) in [4.78, 5) is 14.2. The number of alkyl halides is 1. The maximum Gasteiger partial charge on any atom is 0.245 e. The largest absolute Gasteiger partial charge is 0.301 e. The van der Waals surface area contributed by atoms with E-state index in [1.54, 1.807) is 17.9 Å². The Morgan fingerprint density at radius 1 is 1.37 bits per heavy atom. The van der Waals surface area contributed by atoms with Crippen LogP contribution in [0.1, 0.15) is 33.3 Å². The Kier molecular flexibility index (Phi) is 3.67. The van der Waals surface area contributed by atoms with E-state index in [1.165, 1.54) is 0 Å². The average Bonchev–Trinajstić information content (AvgIpc) is 2.28. The van der Waals surface area contributed by atoms with Crippen molar-refractivity contribution in [3.05, 3.63) is 34.9 Å². The summed E-state index contributed by atoms with van der Waals surface area (Å²) in [5.41, 5.74) is 2.57. The van der Waals surface area contributed by atoms with Gasteiger partial charge in [0.1, 0.15) is 5.38 Å². The van der Waals surface area contributed by atoms with Crippen LogP contribution in [0.2, 0.25) is 5.02 Å². The Morgan fingerprint density at radius 2 is 2.00 bits per heavy atom. The van der Waals surface area contributed by atoms with Crippen molar-refractivity contribution in [3.63, 3.8) is 0 Å². The van der Waals surface area contributed by atoms with Gasteiger partial charge in [-0.3, -0.25) is 4.79 Å². The fraction of sp³-hybridized carbons (Fsp3) is 0.400. The summed E-state index contributed by atoms with van der Waals surface area (Å²) in [6.45, 7) is 7.74. The van der Waals surface area contributed by atoms with E-state index < -0.39 is 10.9 Å². The molecule has 1 aliphatic rings. The van der Waals surface area contributed by atoms with Gasteiger partial charge in [0.25, 0.3) is 0 Å². The maximum absolute atomic E-state index is 12.4. The Hall–Kier alpha value is -0.990. The second kappa shape index (κ2) is 4.84. The van der Waals surface area contributed by atoms with Crippen LogP contribution in [0.5, 0.6) is 0 Å². The van der Waals surface area contributed by atoms with E-state index in [1.807, 2.05) is 32.9 Å². The number of benzene rings is 1. The van der Waals surface area contributed by atoms with E-state index in [2.05, 4.69) is 6.08 Å². The van der Waals surface area contributed by atoms with Gasteiger partial charge in [0.15, 0.2) is 0 Å². The molecule has 1 aliphatic heterocycles. The topological polar surface area (TPSA) is 20.3 Å². The predicted octanol–water partition coefficient (Wildman–Crippen LogP) is 4.50. The zero-order valence-corrected chi connectivity index (χ0v) is 13.0. The molecular weight excluding hydrogens is 281 g/mol. The zero-order chi connectivity index (χ0) is 14.4. The molecule has 0 saturated carbocycles. The molecule has 1 amide bonds. The lowest BCUT2D eigenvalue weighted by atomic mass is 9.88. The number of hydrogen-bond donors (Lipinski definition) is 0. The summed E-state index contributed by atoms with van der Waals surface area (Å²) < 4.78 is 0. The van der Waals surface area contributed by atoms with E-state index in [0.29, 0.717) is 5.02 Å². The van der Waals surface area contributed by atoms with E-state index in [0.717, 1.165) is 16.8 Å². The van der Waals surface area contributed by atoms with Crippen molar-refractivity contribution in [2.45, 2.75) is 38.6 Å². The highest BCUT2D eigenvalue weighted by molar-refractivity contribution is 6.33. The monoisotopic (exact) mass is 297 g/mol. The minimum Gasteiger partial charge on any atom is -0.301 e. The van der Waals surface area contributed by atoms with Crippen molar-refractivity contribution in [2.75, 3.05) is 4.90 Å². The molecule has 1 aromatic carbocycles. The third-order valence-corrected chi connectivity index (χ3v) is 3.75. The van der Waals surface area contributed by atoms with E-state index in [9.17, 15) is 4.79 Å². The first-order chi connectivity index (χ1) is 8.74. The van der Waals surface area contributed by atoms with Crippen molar-refractivity contribution in [1.82, 2.24) is 0 Å². The minimum absolute atomic E-state index is 0.0982. The normalized spacial score (nSPS) is 18.6. The molecule has 0 aromatic heterocycles. The van der Waals surface area contributed by atoms with Gasteiger partial charge in [-0.2, -0.15) is 0 Å². The standard InChI is InChI=1S/C15H17Cl2NO/c1-9-8-15(3,4)18(14(19)10(2)16)13-6-5-11(17)7-12(9)13/h5-8,10H,1-4H3/t10-/m1/s1. The predicted molar refractivity (Wildman–Crippen MR) is 82.0 cm³/mol. The summed E-state index contributed by atoms with van der Waals surface area (Å²) in [6, 6.07) is 5.57. The van der Waals surface area contributed by atoms with Gasteiger partial charge in [-0.25, -0.2) is 0 Å². The average molecular weight is 298 g/mol. The molecule has 0 N–H and O–H groups in total. The molecule has 0 saturated heterocycles. The van der Waals surface area contributed by atoms with Crippen molar-refractivity contribution in [2.24, 2.45) is 0 Å². The Bertz CT molecular complexity index is 561. The number of anilines is 1. The second-order valence-corrected chi connectivity index (χ2v) is 6.52. The summed E-state index contributed by atoms with van der Waals surface area (Å²) in [5.74, 6) is -0.0982. The lowest BCUT2D eigenvalue weighted by molar-refractivity contribution is -0.118. The van der Waals surface area contributed by atoms with Gasteiger partial charge in [-0.15, -0.1) is 11.6 Å². The maximum atomic E-state index is 12.4. The van der Waals surface area contributed by atoms with Crippen LogP contribution in [-0.2, 0) is 4.79 Å². The minimum atomic E-state index is -0.561. The van der Waals surface area contributed by atoms with Crippen LogP contribution in [0.3, 0.4) is 0 Å². The number of rotatable bonds is 1. The number of nitrogens with zero attached hydrogens (tertiary/aromatic N) is 1. The Labute approximate surface area is 124 Å². The molecule has 2 nitrogen and oxygen atoms in total. The second-order valence-electron chi connectivity index (χ2n) is 5.43. The molecule has 0 spiro atoms. The van der Waals surface area contributed by atoms with Gasteiger partial charge < -0.3 is 4.90 Å². The molecule has 1 atom stereocenters. The third-order valence-electron chi connectivity index (χ3n) is 3.33. The molecule has 1 heterocycles. The number of hydrogen-bond acceptors (Lipinski definition) is 1. The number of amides is 1. The number of halogens is 2. The highest BCUT2D eigenvalue weighted by atomic mass is 35.5.